The highest BCUT2D eigenvalue weighted by Gasteiger charge is 2.41. The maximum absolute atomic E-state index is 11.6. The molecule has 1 aliphatic carbocycles. The lowest BCUT2D eigenvalue weighted by Crippen LogP contribution is -2.41. The van der Waals surface area contributed by atoms with Gasteiger partial charge in [-0.15, -0.1) is 0 Å². The minimum atomic E-state index is -0.420. The largest absolute Gasteiger partial charge is 0.493 e. The van der Waals surface area contributed by atoms with Gasteiger partial charge >= 0.3 is 6.09 Å². The van der Waals surface area contributed by atoms with Gasteiger partial charge in [-0.2, -0.15) is 0 Å². The predicted molar refractivity (Wildman–Crippen MR) is 106 cm³/mol. The van der Waals surface area contributed by atoms with Gasteiger partial charge in [0.2, 0.25) is 0 Å². The van der Waals surface area contributed by atoms with Crippen LogP contribution in [0.25, 0.3) is 5.70 Å². The average molecular weight is 390 g/mol. The zero-order valence-corrected chi connectivity index (χ0v) is 17.1. The number of alkyl carbamates (subject to hydrolysis) is 1. The van der Waals surface area contributed by atoms with Gasteiger partial charge in [0, 0.05) is 17.5 Å². The Morgan fingerprint density at radius 2 is 2.04 bits per heavy atom. The summed E-state index contributed by atoms with van der Waals surface area (Å²) in [6, 6.07) is 5.80. The summed E-state index contributed by atoms with van der Waals surface area (Å²) < 4.78 is 16.4. The van der Waals surface area contributed by atoms with Gasteiger partial charge in [-0.05, 0) is 64.3 Å². The van der Waals surface area contributed by atoms with Crippen molar-refractivity contribution in [3.8, 4) is 11.5 Å². The van der Waals surface area contributed by atoms with Crippen molar-refractivity contribution in [3.05, 3.63) is 29.8 Å². The van der Waals surface area contributed by atoms with Crippen LogP contribution in [0.4, 0.5) is 4.79 Å². The fourth-order valence-electron chi connectivity index (χ4n) is 3.10. The first-order chi connectivity index (χ1) is 13.3. The molecule has 1 aliphatic heterocycles. The number of methoxy groups -OCH3 is 1. The quantitative estimate of drug-likeness (QED) is 0.690. The van der Waals surface area contributed by atoms with Crippen LogP contribution in [0.2, 0.25) is 0 Å². The lowest BCUT2D eigenvalue weighted by atomic mass is 9.80. The first-order valence-electron chi connectivity index (χ1n) is 9.73. The molecular formula is C21H30N2O5. The van der Waals surface area contributed by atoms with E-state index in [9.17, 15) is 4.79 Å². The molecule has 0 saturated heterocycles. The number of hydrogen-bond donors (Lipinski definition) is 2. The summed E-state index contributed by atoms with van der Waals surface area (Å²) in [6.45, 7) is 6.41. The van der Waals surface area contributed by atoms with Crippen molar-refractivity contribution in [2.24, 2.45) is 0 Å². The maximum Gasteiger partial charge on any atom is 0.407 e. The fraction of sp³-hybridized carbons (Fsp3) is 0.571. The SMILES string of the molecule is COc1ccc(C2=CC3(CCC3)ON2)cc1OCCCOC(=O)NC(C)(C)C. The molecule has 7 heteroatoms. The van der Waals surface area contributed by atoms with Crippen LogP contribution >= 0.6 is 0 Å². The molecular weight excluding hydrogens is 360 g/mol. The summed E-state index contributed by atoms with van der Waals surface area (Å²) >= 11 is 0. The van der Waals surface area contributed by atoms with Crippen molar-refractivity contribution in [1.29, 1.82) is 0 Å². The number of carbonyl (C=O) groups is 1. The van der Waals surface area contributed by atoms with Crippen LogP contribution in [0.3, 0.4) is 0 Å². The van der Waals surface area contributed by atoms with Gasteiger partial charge in [0.05, 0.1) is 26.0 Å². The van der Waals surface area contributed by atoms with Crippen LogP contribution in [-0.4, -0.2) is 37.6 Å². The molecule has 1 aromatic carbocycles. The predicted octanol–water partition coefficient (Wildman–Crippen LogP) is 3.79. The van der Waals surface area contributed by atoms with Crippen LogP contribution in [0.1, 0.15) is 52.0 Å². The molecule has 2 N–H and O–H groups in total. The highest BCUT2D eigenvalue weighted by atomic mass is 16.7. The van der Waals surface area contributed by atoms with E-state index in [1.165, 1.54) is 6.42 Å². The topological polar surface area (TPSA) is 78.1 Å². The first kappa shape index (κ1) is 20.3. The summed E-state index contributed by atoms with van der Waals surface area (Å²) in [5.74, 6) is 1.31. The third kappa shape index (κ3) is 5.10. The molecule has 1 aromatic rings. The van der Waals surface area contributed by atoms with E-state index in [1.807, 2.05) is 39.0 Å². The molecule has 1 heterocycles. The summed E-state index contributed by atoms with van der Waals surface area (Å²) in [7, 11) is 1.61. The molecule has 154 valence electrons. The van der Waals surface area contributed by atoms with Crippen molar-refractivity contribution in [3.63, 3.8) is 0 Å². The van der Waals surface area contributed by atoms with Crippen LogP contribution < -0.4 is 20.3 Å². The van der Waals surface area contributed by atoms with Crippen LogP contribution in [0.15, 0.2) is 24.3 Å². The number of rotatable bonds is 7. The van der Waals surface area contributed by atoms with Gasteiger partial charge in [0.25, 0.3) is 0 Å². The zero-order chi connectivity index (χ0) is 20.2. The third-order valence-corrected chi connectivity index (χ3v) is 4.70. The number of carbonyl (C=O) groups excluding carboxylic acids is 1. The highest BCUT2D eigenvalue weighted by Crippen LogP contribution is 2.42. The lowest BCUT2D eigenvalue weighted by Gasteiger charge is -2.33. The second-order valence-electron chi connectivity index (χ2n) is 8.26. The van der Waals surface area contributed by atoms with E-state index in [1.54, 1.807) is 7.11 Å². The summed E-state index contributed by atoms with van der Waals surface area (Å²) in [5, 5.41) is 2.75. The van der Waals surface area contributed by atoms with Gasteiger partial charge in [0.1, 0.15) is 5.60 Å². The fourth-order valence-corrected chi connectivity index (χ4v) is 3.10. The molecule has 0 radical (unpaired) electrons. The summed E-state index contributed by atoms with van der Waals surface area (Å²) in [6.07, 6.45) is 5.61. The number of ether oxygens (including phenoxy) is 3. The minimum Gasteiger partial charge on any atom is -0.493 e. The zero-order valence-electron chi connectivity index (χ0n) is 17.1. The Kier molecular flexibility index (Phi) is 6.03. The van der Waals surface area contributed by atoms with Crippen LogP contribution in [0, 0.1) is 0 Å². The number of hydroxylamine groups is 1. The number of hydrogen-bond acceptors (Lipinski definition) is 6. The van der Waals surface area contributed by atoms with Crippen molar-refractivity contribution in [2.75, 3.05) is 20.3 Å². The Hall–Kier alpha value is -2.41. The molecule has 1 saturated carbocycles. The van der Waals surface area contributed by atoms with E-state index in [4.69, 9.17) is 19.0 Å². The molecule has 0 bridgehead atoms. The van der Waals surface area contributed by atoms with Gasteiger partial charge in [-0.1, -0.05) is 0 Å². The van der Waals surface area contributed by atoms with E-state index >= 15 is 0 Å². The Labute approximate surface area is 166 Å². The second-order valence-corrected chi connectivity index (χ2v) is 8.26. The molecule has 1 spiro atoms. The van der Waals surface area contributed by atoms with Crippen molar-refractivity contribution in [1.82, 2.24) is 10.8 Å². The molecule has 1 fully saturated rings. The molecule has 0 aromatic heterocycles. The van der Waals surface area contributed by atoms with E-state index < -0.39 is 6.09 Å². The highest BCUT2D eigenvalue weighted by molar-refractivity contribution is 5.69. The first-order valence-corrected chi connectivity index (χ1v) is 9.73. The molecule has 3 rings (SSSR count). The Balaban J connectivity index is 1.52. The molecule has 2 aliphatic rings. The van der Waals surface area contributed by atoms with E-state index in [-0.39, 0.29) is 17.7 Å². The molecule has 28 heavy (non-hydrogen) atoms. The second kappa shape index (κ2) is 8.31. The van der Waals surface area contributed by atoms with E-state index in [0.29, 0.717) is 24.5 Å². The monoisotopic (exact) mass is 390 g/mol. The number of amides is 1. The van der Waals surface area contributed by atoms with Gasteiger partial charge in [0.15, 0.2) is 11.5 Å². The number of nitrogens with one attached hydrogen (secondary N) is 2. The molecule has 0 atom stereocenters. The lowest BCUT2D eigenvalue weighted by molar-refractivity contribution is -0.0821. The molecule has 0 unspecified atom stereocenters. The van der Waals surface area contributed by atoms with E-state index in [0.717, 1.165) is 24.1 Å². The Bertz CT molecular complexity index is 735. The smallest absolute Gasteiger partial charge is 0.407 e. The van der Waals surface area contributed by atoms with Gasteiger partial charge < -0.3 is 19.5 Å². The minimum absolute atomic E-state index is 0.138. The summed E-state index contributed by atoms with van der Waals surface area (Å²) in [5.41, 5.74) is 4.53. The molecule has 1 amide bonds. The van der Waals surface area contributed by atoms with Crippen LogP contribution in [0.5, 0.6) is 11.5 Å². The van der Waals surface area contributed by atoms with Gasteiger partial charge in [-0.25, -0.2) is 4.79 Å². The van der Waals surface area contributed by atoms with Gasteiger partial charge in [-0.3, -0.25) is 10.3 Å². The normalized spacial score (nSPS) is 17.4. The van der Waals surface area contributed by atoms with Crippen molar-refractivity contribution in [2.45, 2.75) is 57.6 Å². The maximum atomic E-state index is 11.6. The standard InChI is InChI=1S/C21H30N2O5/c1-20(2,3)22-19(24)27-12-6-11-26-18-13-15(7-8-17(18)25-4)16-14-21(28-23-16)9-5-10-21/h7-8,13-14,23H,5-6,9-12H2,1-4H3,(H,22,24). The summed E-state index contributed by atoms with van der Waals surface area (Å²) in [4.78, 5) is 17.4. The third-order valence-electron chi connectivity index (χ3n) is 4.70. The average Bonchev–Trinajstić information content (AvgIpc) is 3.06. The van der Waals surface area contributed by atoms with Crippen molar-refractivity contribution >= 4 is 11.8 Å². The molecule has 7 nitrogen and oxygen atoms in total. The van der Waals surface area contributed by atoms with Crippen LogP contribution in [-0.2, 0) is 9.57 Å². The Morgan fingerprint density at radius 3 is 2.64 bits per heavy atom. The Morgan fingerprint density at radius 1 is 1.25 bits per heavy atom. The number of benzene rings is 1. The van der Waals surface area contributed by atoms with Crippen molar-refractivity contribution < 1.29 is 23.8 Å². The van der Waals surface area contributed by atoms with E-state index in [2.05, 4.69) is 16.9 Å².